The molecule has 0 aromatic rings. The first-order chi connectivity index (χ1) is 32.8. The maximum atomic E-state index is 12.7. The first-order valence-corrected chi connectivity index (χ1v) is 31.0. The predicted octanol–water partition coefficient (Wildman–Crippen LogP) is 18.3. The van der Waals surface area contributed by atoms with Crippen LogP contribution in [0.2, 0.25) is 0 Å². The zero-order valence-corrected chi connectivity index (χ0v) is 45.6. The normalized spacial score (nSPS) is 13.0. The number of carbonyl (C=O) groups is 2. The molecule has 2 atom stereocenters. The minimum Gasteiger partial charge on any atom is -0.462 e. The van der Waals surface area contributed by atoms with E-state index in [1.165, 1.54) is 257 Å². The molecule has 67 heavy (non-hydrogen) atoms. The summed E-state index contributed by atoms with van der Waals surface area (Å²) in [6.07, 6.45) is 60.5. The fraction of sp³-hybridized carbons (Fsp3) is 0.965. The molecule has 3 N–H and O–H groups in total. The lowest BCUT2D eigenvalue weighted by atomic mass is 10.0. The van der Waals surface area contributed by atoms with Crippen molar-refractivity contribution in [3.05, 3.63) is 0 Å². The second-order valence-corrected chi connectivity index (χ2v) is 21.7. The van der Waals surface area contributed by atoms with Crippen LogP contribution in [0.25, 0.3) is 0 Å². The van der Waals surface area contributed by atoms with Gasteiger partial charge >= 0.3 is 19.8 Å². The van der Waals surface area contributed by atoms with Crippen molar-refractivity contribution in [3.63, 3.8) is 0 Å². The lowest BCUT2D eigenvalue weighted by Crippen LogP contribution is -2.29. The average molecular weight is 973 g/mol. The van der Waals surface area contributed by atoms with E-state index in [1.54, 1.807) is 0 Å². The molecule has 0 aromatic heterocycles. The summed E-state index contributed by atoms with van der Waals surface area (Å²) < 4.78 is 32.9. The number of esters is 2. The molecular formula is C57H114NO8P. The molecule has 0 saturated carbocycles. The van der Waals surface area contributed by atoms with Crippen LogP contribution < -0.4 is 5.73 Å². The molecule has 0 spiro atoms. The van der Waals surface area contributed by atoms with E-state index in [-0.39, 0.29) is 38.6 Å². The zero-order valence-electron chi connectivity index (χ0n) is 44.7. The maximum Gasteiger partial charge on any atom is 0.472 e. The highest BCUT2D eigenvalue weighted by Crippen LogP contribution is 2.43. The summed E-state index contributed by atoms with van der Waals surface area (Å²) in [5.74, 6) is -0.807. The Hall–Kier alpha value is -0.990. The van der Waals surface area contributed by atoms with Gasteiger partial charge < -0.3 is 20.1 Å². The molecular weight excluding hydrogens is 858 g/mol. The topological polar surface area (TPSA) is 134 Å². The van der Waals surface area contributed by atoms with E-state index in [0.717, 1.165) is 32.1 Å². The summed E-state index contributed by atoms with van der Waals surface area (Å²) in [5.41, 5.74) is 5.37. The third-order valence-corrected chi connectivity index (χ3v) is 14.5. The molecule has 9 nitrogen and oxygen atoms in total. The van der Waals surface area contributed by atoms with E-state index in [9.17, 15) is 19.0 Å². The Morgan fingerprint density at radius 3 is 0.910 bits per heavy atom. The van der Waals surface area contributed by atoms with Gasteiger partial charge in [-0.2, -0.15) is 0 Å². The third-order valence-electron chi connectivity index (χ3n) is 13.5. The van der Waals surface area contributed by atoms with Crippen molar-refractivity contribution in [1.82, 2.24) is 0 Å². The molecule has 0 aliphatic rings. The van der Waals surface area contributed by atoms with Crippen molar-refractivity contribution < 1.29 is 37.6 Å². The summed E-state index contributed by atoms with van der Waals surface area (Å²) in [4.78, 5) is 35.0. The standard InChI is InChI=1S/C57H114NO8P/c1-3-5-7-9-11-13-15-17-18-19-20-21-22-23-24-25-26-27-28-29-30-31-32-33-34-35-36-37-38-40-42-44-46-48-50-57(60)66-55(54-65-67(61,62)64-52-51-58)53-63-56(59)49-47-45-43-41-39-16-14-12-10-8-6-4-2/h55H,3-54,58H2,1-2H3,(H,61,62). The van der Waals surface area contributed by atoms with Gasteiger partial charge in [-0.15, -0.1) is 0 Å². The number of nitrogens with two attached hydrogens (primary N) is 1. The molecule has 0 rings (SSSR count). The molecule has 0 bridgehead atoms. The molecule has 0 aliphatic heterocycles. The number of carbonyl (C=O) groups excluding carboxylic acids is 2. The molecule has 10 heteroatoms. The van der Waals surface area contributed by atoms with Gasteiger partial charge in [-0.3, -0.25) is 18.6 Å². The van der Waals surface area contributed by atoms with Gasteiger partial charge in [-0.1, -0.05) is 296 Å². The Balaban J connectivity index is 3.74. The fourth-order valence-electron chi connectivity index (χ4n) is 9.11. The summed E-state index contributed by atoms with van der Waals surface area (Å²) in [6, 6.07) is 0. The predicted molar refractivity (Wildman–Crippen MR) is 285 cm³/mol. The van der Waals surface area contributed by atoms with Crippen LogP contribution in [0.1, 0.15) is 322 Å². The highest BCUT2D eigenvalue weighted by Gasteiger charge is 2.26. The molecule has 2 unspecified atom stereocenters. The monoisotopic (exact) mass is 972 g/mol. The van der Waals surface area contributed by atoms with E-state index < -0.39 is 26.5 Å². The van der Waals surface area contributed by atoms with Crippen LogP contribution in [0.5, 0.6) is 0 Å². The van der Waals surface area contributed by atoms with E-state index >= 15 is 0 Å². The largest absolute Gasteiger partial charge is 0.472 e. The van der Waals surface area contributed by atoms with Crippen molar-refractivity contribution in [2.45, 2.75) is 328 Å². The lowest BCUT2D eigenvalue weighted by molar-refractivity contribution is -0.161. The highest BCUT2D eigenvalue weighted by molar-refractivity contribution is 7.47. The number of hydrogen-bond acceptors (Lipinski definition) is 8. The first kappa shape index (κ1) is 66.0. The van der Waals surface area contributed by atoms with Gasteiger partial charge in [0.15, 0.2) is 6.10 Å². The Morgan fingerprint density at radius 2 is 0.642 bits per heavy atom. The molecule has 0 radical (unpaired) electrons. The Morgan fingerprint density at radius 1 is 0.388 bits per heavy atom. The molecule has 0 aromatic carbocycles. The summed E-state index contributed by atoms with van der Waals surface area (Å²) in [7, 11) is -4.37. The van der Waals surface area contributed by atoms with Crippen LogP contribution in [0.3, 0.4) is 0 Å². The fourth-order valence-corrected chi connectivity index (χ4v) is 9.88. The Kier molecular flexibility index (Phi) is 53.5. The quantitative estimate of drug-likeness (QED) is 0.0347. The zero-order chi connectivity index (χ0) is 48.8. The van der Waals surface area contributed by atoms with E-state index in [0.29, 0.717) is 6.42 Å². The van der Waals surface area contributed by atoms with Crippen LogP contribution in [-0.2, 0) is 32.7 Å². The minimum absolute atomic E-state index is 0.0583. The van der Waals surface area contributed by atoms with Crippen LogP contribution in [0.4, 0.5) is 0 Å². The molecule has 0 fully saturated rings. The van der Waals surface area contributed by atoms with Crippen molar-refractivity contribution >= 4 is 19.8 Å². The van der Waals surface area contributed by atoms with Crippen molar-refractivity contribution in [3.8, 4) is 0 Å². The number of phosphoric acid groups is 1. The highest BCUT2D eigenvalue weighted by atomic mass is 31.2. The Labute approximate surface area is 416 Å². The van der Waals surface area contributed by atoms with E-state index in [4.69, 9.17) is 24.3 Å². The van der Waals surface area contributed by atoms with Gasteiger partial charge in [0, 0.05) is 19.4 Å². The number of ether oxygens (including phenoxy) is 2. The molecule has 0 aliphatic carbocycles. The third kappa shape index (κ3) is 54.2. The van der Waals surface area contributed by atoms with Gasteiger partial charge in [0.05, 0.1) is 13.2 Å². The van der Waals surface area contributed by atoms with Crippen molar-refractivity contribution in [2.75, 3.05) is 26.4 Å². The molecule has 0 amide bonds. The number of hydrogen-bond donors (Lipinski definition) is 2. The van der Waals surface area contributed by atoms with Crippen molar-refractivity contribution in [2.24, 2.45) is 5.73 Å². The summed E-state index contributed by atoms with van der Waals surface area (Å²) in [6.45, 7) is 3.80. The molecule has 0 heterocycles. The van der Waals surface area contributed by atoms with Crippen LogP contribution in [0, 0.1) is 0 Å². The van der Waals surface area contributed by atoms with E-state index in [2.05, 4.69) is 13.8 Å². The SMILES string of the molecule is CCCCCCCCCCCCCCCCCCCCCCCCCCCCCCCCCCCCC(=O)OC(COC(=O)CCCCCCCCCCCCCC)COP(=O)(O)OCCN. The van der Waals surface area contributed by atoms with Crippen LogP contribution in [-0.4, -0.2) is 49.3 Å². The first-order valence-electron chi connectivity index (χ1n) is 29.5. The van der Waals surface area contributed by atoms with Crippen molar-refractivity contribution in [1.29, 1.82) is 0 Å². The number of rotatable bonds is 57. The Bertz CT molecular complexity index is 1060. The number of unbranched alkanes of at least 4 members (excludes halogenated alkanes) is 44. The van der Waals surface area contributed by atoms with Gasteiger partial charge in [0.25, 0.3) is 0 Å². The summed E-state index contributed by atoms with van der Waals surface area (Å²) >= 11 is 0. The second-order valence-electron chi connectivity index (χ2n) is 20.2. The minimum atomic E-state index is -4.37. The molecule has 0 saturated heterocycles. The van der Waals surface area contributed by atoms with Gasteiger partial charge in [-0.25, -0.2) is 4.57 Å². The second kappa shape index (κ2) is 54.3. The molecule has 400 valence electrons. The average Bonchev–Trinajstić information content (AvgIpc) is 3.32. The van der Waals surface area contributed by atoms with Crippen LogP contribution in [0.15, 0.2) is 0 Å². The van der Waals surface area contributed by atoms with Gasteiger partial charge in [-0.05, 0) is 12.8 Å². The van der Waals surface area contributed by atoms with Crippen LogP contribution >= 0.6 is 7.82 Å². The number of phosphoric ester groups is 1. The lowest BCUT2D eigenvalue weighted by Gasteiger charge is -2.19. The van der Waals surface area contributed by atoms with E-state index in [1.807, 2.05) is 0 Å². The summed E-state index contributed by atoms with van der Waals surface area (Å²) in [5, 5.41) is 0. The maximum absolute atomic E-state index is 12.7. The van der Waals surface area contributed by atoms with Gasteiger partial charge in [0.1, 0.15) is 6.61 Å². The smallest absolute Gasteiger partial charge is 0.462 e. The van der Waals surface area contributed by atoms with Gasteiger partial charge in [0.2, 0.25) is 0 Å².